The summed E-state index contributed by atoms with van der Waals surface area (Å²) in [6, 6.07) is 16.6. The van der Waals surface area contributed by atoms with E-state index >= 15 is 0 Å². The summed E-state index contributed by atoms with van der Waals surface area (Å²) < 4.78 is 4.72. The number of rotatable bonds is 5. The van der Waals surface area contributed by atoms with Gasteiger partial charge in [-0.1, -0.05) is 74.9 Å². The van der Waals surface area contributed by atoms with Crippen molar-refractivity contribution in [2.24, 2.45) is 5.92 Å². The molecule has 0 saturated carbocycles. The van der Waals surface area contributed by atoms with E-state index in [1.807, 2.05) is 31.2 Å². The Kier molecular flexibility index (Phi) is 6.59. The van der Waals surface area contributed by atoms with E-state index in [1.54, 1.807) is 24.3 Å². The van der Waals surface area contributed by atoms with E-state index in [0.29, 0.717) is 11.1 Å². The second-order valence-electron chi connectivity index (χ2n) is 9.96. The molecule has 1 saturated heterocycles. The fraction of sp³-hybridized carbons (Fsp3) is 0.276. The van der Waals surface area contributed by atoms with Gasteiger partial charge in [0.15, 0.2) is 5.78 Å². The first-order valence-electron chi connectivity index (χ1n) is 11.7. The van der Waals surface area contributed by atoms with Gasteiger partial charge in [0.1, 0.15) is 11.7 Å². The van der Waals surface area contributed by atoms with Crippen molar-refractivity contribution in [1.82, 2.24) is 4.98 Å². The van der Waals surface area contributed by atoms with Crippen LogP contribution >= 0.6 is 0 Å². The molecule has 1 amide bonds. The molecule has 0 N–H and O–H groups in total. The first-order valence-corrected chi connectivity index (χ1v) is 11.7. The number of anilines is 1. The molecule has 1 aliphatic rings. The topological polar surface area (TPSA) is 93.6 Å². The summed E-state index contributed by atoms with van der Waals surface area (Å²) in [5.41, 5.74) is 3.17. The molecule has 1 aromatic heterocycles. The molecule has 3 aromatic rings. The molecular weight excluding hydrogens is 456 g/mol. The molecule has 36 heavy (non-hydrogen) atoms. The lowest BCUT2D eigenvalue weighted by molar-refractivity contribution is -0.135. The number of ether oxygens (including phenoxy) is 1. The molecule has 7 nitrogen and oxygen atoms in total. The first-order chi connectivity index (χ1) is 17.0. The number of carbonyl (C=O) groups is 4. The van der Waals surface area contributed by atoms with E-state index in [1.165, 1.54) is 30.3 Å². The Morgan fingerprint density at radius 1 is 0.889 bits per heavy atom. The fourth-order valence-corrected chi connectivity index (χ4v) is 4.37. The maximum absolute atomic E-state index is 13.6. The standard InChI is InChI=1S/C29H28N2O5/c1-17-6-8-19(9-7-17)25(32)23-24(18-10-13-21(14-11-18)29(2,3)4)31(27(34)26(23)33)22-15-12-20(16-30-22)28(35)36-5/h6-16,23-24H,1-5H3. The molecule has 0 spiro atoms. The van der Waals surface area contributed by atoms with E-state index in [2.05, 4.69) is 25.8 Å². The van der Waals surface area contributed by atoms with Crippen LogP contribution in [-0.4, -0.2) is 35.5 Å². The van der Waals surface area contributed by atoms with Crippen LogP contribution in [0.1, 0.15) is 64.2 Å². The van der Waals surface area contributed by atoms with E-state index < -0.39 is 35.4 Å². The number of hydrogen-bond donors (Lipinski definition) is 0. The molecule has 7 heteroatoms. The summed E-state index contributed by atoms with van der Waals surface area (Å²) >= 11 is 0. The maximum Gasteiger partial charge on any atom is 0.339 e. The smallest absolute Gasteiger partial charge is 0.339 e. The Morgan fingerprint density at radius 2 is 1.50 bits per heavy atom. The van der Waals surface area contributed by atoms with Crippen LogP contribution in [0.5, 0.6) is 0 Å². The summed E-state index contributed by atoms with van der Waals surface area (Å²) in [6.45, 7) is 8.18. The van der Waals surface area contributed by atoms with Crippen molar-refractivity contribution >= 4 is 29.3 Å². The van der Waals surface area contributed by atoms with Gasteiger partial charge in [-0.3, -0.25) is 19.3 Å². The SMILES string of the molecule is COC(=O)c1ccc(N2C(=O)C(=O)C(C(=O)c3ccc(C)cc3)C2c2ccc(C(C)(C)C)cc2)nc1. The van der Waals surface area contributed by atoms with Gasteiger partial charge in [0.2, 0.25) is 5.78 Å². The number of methoxy groups -OCH3 is 1. The van der Waals surface area contributed by atoms with Crippen LogP contribution in [0, 0.1) is 12.8 Å². The monoisotopic (exact) mass is 484 g/mol. The summed E-state index contributed by atoms with van der Waals surface area (Å²) in [5, 5.41) is 0. The van der Waals surface area contributed by atoms with Crippen molar-refractivity contribution in [3.63, 3.8) is 0 Å². The van der Waals surface area contributed by atoms with Crippen LogP contribution in [0.2, 0.25) is 0 Å². The number of Topliss-reactive ketones (excluding diaryl/α,β-unsaturated/α-hetero) is 2. The highest BCUT2D eigenvalue weighted by Gasteiger charge is 2.52. The number of benzene rings is 2. The van der Waals surface area contributed by atoms with Crippen LogP contribution in [0.25, 0.3) is 0 Å². The Bertz CT molecular complexity index is 1320. The van der Waals surface area contributed by atoms with Gasteiger partial charge in [-0.2, -0.15) is 0 Å². The van der Waals surface area contributed by atoms with Gasteiger partial charge in [-0.05, 0) is 35.6 Å². The van der Waals surface area contributed by atoms with Gasteiger partial charge in [0.05, 0.1) is 18.7 Å². The predicted molar refractivity (Wildman–Crippen MR) is 135 cm³/mol. The Labute approximate surface area is 210 Å². The van der Waals surface area contributed by atoms with Gasteiger partial charge in [0.25, 0.3) is 5.91 Å². The molecule has 1 aliphatic heterocycles. The number of ketones is 2. The number of amides is 1. The van der Waals surface area contributed by atoms with Gasteiger partial charge < -0.3 is 4.74 Å². The van der Waals surface area contributed by atoms with Gasteiger partial charge in [0, 0.05) is 11.8 Å². The van der Waals surface area contributed by atoms with Crippen molar-refractivity contribution < 1.29 is 23.9 Å². The zero-order valence-electron chi connectivity index (χ0n) is 20.9. The molecular formula is C29H28N2O5. The highest BCUT2D eigenvalue weighted by molar-refractivity contribution is 6.48. The molecule has 4 rings (SSSR count). The highest BCUT2D eigenvalue weighted by Crippen LogP contribution is 2.41. The summed E-state index contributed by atoms with van der Waals surface area (Å²) in [4.78, 5) is 57.5. The second-order valence-corrected chi connectivity index (χ2v) is 9.96. The predicted octanol–water partition coefficient (Wildman–Crippen LogP) is 4.63. The summed E-state index contributed by atoms with van der Waals surface area (Å²) in [7, 11) is 1.26. The Hall–Kier alpha value is -4.13. The molecule has 1 fully saturated rings. The van der Waals surface area contributed by atoms with E-state index in [9.17, 15) is 19.2 Å². The minimum absolute atomic E-state index is 0.0953. The molecule has 0 radical (unpaired) electrons. The first kappa shape index (κ1) is 25.0. The second kappa shape index (κ2) is 9.49. The Balaban J connectivity index is 1.82. The lowest BCUT2D eigenvalue weighted by Gasteiger charge is -2.27. The van der Waals surface area contributed by atoms with E-state index in [-0.39, 0.29) is 16.8 Å². The quantitative estimate of drug-likeness (QED) is 0.227. The van der Waals surface area contributed by atoms with E-state index in [4.69, 9.17) is 4.74 Å². The fourth-order valence-electron chi connectivity index (χ4n) is 4.37. The number of pyridine rings is 1. The van der Waals surface area contributed by atoms with Crippen molar-refractivity contribution in [2.45, 2.75) is 39.2 Å². The van der Waals surface area contributed by atoms with Crippen molar-refractivity contribution in [3.8, 4) is 0 Å². The van der Waals surface area contributed by atoms with Gasteiger partial charge >= 0.3 is 5.97 Å². The van der Waals surface area contributed by atoms with Crippen molar-refractivity contribution in [1.29, 1.82) is 0 Å². The summed E-state index contributed by atoms with van der Waals surface area (Å²) in [5.74, 6) is -3.66. The molecule has 2 unspecified atom stereocenters. The third-order valence-corrected chi connectivity index (χ3v) is 6.46. The number of carbonyl (C=O) groups excluding carboxylic acids is 4. The Morgan fingerprint density at radius 3 is 2.03 bits per heavy atom. The zero-order valence-corrected chi connectivity index (χ0v) is 20.9. The molecule has 184 valence electrons. The molecule has 2 aromatic carbocycles. The minimum Gasteiger partial charge on any atom is -0.465 e. The third kappa shape index (κ3) is 4.56. The van der Waals surface area contributed by atoms with Crippen LogP contribution in [-0.2, 0) is 19.7 Å². The lowest BCUT2D eigenvalue weighted by atomic mass is 9.83. The molecule has 0 bridgehead atoms. The minimum atomic E-state index is -1.23. The average molecular weight is 485 g/mol. The number of aryl methyl sites for hydroxylation is 1. The van der Waals surface area contributed by atoms with Crippen LogP contribution in [0.4, 0.5) is 5.82 Å². The average Bonchev–Trinajstić information content (AvgIpc) is 3.13. The normalized spacial score (nSPS) is 17.9. The highest BCUT2D eigenvalue weighted by atomic mass is 16.5. The van der Waals surface area contributed by atoms with Gasteiger partial charge in [-0.25, -0.2) is 9.78 Å². The molecule has 2 heterocycles. The van der Waals surface area contributed by atoms with Crippen LogP contribution in [0.15, 0.2) is 66.9 Å². The number of esters is 1. The zero-order chi connectivity index (χ0) is 26.2. The maximum atomic E-state index is 13.6. The summed E-state index contributed by atoms with van der Waals surface area (Å²) in [6.07, 6.45) is 1.29. The number of nitrogens with zero attached hydrogens (tertiary/aromatic N) is 2. The third-order valence-electron chi connectivity index (χ3n) is 6.46. The number of hydrogen-bond acceptors (Lipinski definition) is 6. The van der Waals surface area contributed by atoms with Gasteiger partial charge in [-0.15, -0.1) is 0 Å². The van der Waals surface area contributed by atoms with Crippen molar-refractivity contribution in [2.75, 3.05) is 12.0 Å². The molecule has 2 atom stereocenters. The molecule has 0 aliphatic carbocycles. The van der Waals surface area contributed by atoms with E-state index in [0.717, 1.165) is 11.1 Å². The largest absolute Gasteiger partial charge is 0.465 e. The van der Waals surface area contributed by atoms with Crippen LogP contribution in [0.3, 0.4) is 0 Å². The van der Waals surface area contributed by atoms with Crippen molar-refractivity contribution in [3.05, 3.63) is 94.7 Å². The lowest BCUT2D eigenvalue weighted by Crippen LogP contribution is -2.31. The number of aromatic nitrogens is 1. The van der Waals surface area contributed by atoms with Crippen LogP contribution < -0.4 is 4.90 Å².